The Balaban J connectivity index is 1.89. The lowest BCUT2D eigenvalue weighted by molar-refractivity contribution is -0.142. The number of para-hydroxylation sites is 1. The average Bonchev–Trinajstić information content (AvgIpc) is 3.21. The number of phenols is 2. The number of benzene rings is 3. The molecular formula is C25H18Br2N2O5. The molecule has 1 fully saturated rings. The third-order valence-corrected chi connectivity index (χ3v) is 7.85. The molecule has 172 valence electrons. The lowest BCUT2D eigenvalue weighted by Crippen LogP contribution is -2.43. The maximum absolute atomic E-state index is 13.7. The summed E-state index contributed by atoms with van der Waals surface area (Å²) >= 11 is 6.75. The number of carboxylic acid groups (broad SMARTS) is 1. The van der Waals surface area contributed by atoms with E-state index in [1.807, 2.05) is 6.07 Å². The van der Waals surface area contributed by atoms with Crippen LogP contribution in [0.5, 0.6) is 11.5 Å². The highest BCUT2D eigenvalue weighted by Crippen LogP contribution is 2.50. The van der Waals surface area contributed by atoms with Crippen molar-refractivity contribution in [3.63, 3.8) is 0 Å². The molecule has 3 atom stereocenters. The van der Waals surface area contributed by atoms with Gasteiger partial charge in [0.25, 0.3) is 5.91 Å². The van der Waals surface area contributed by atoms with E-state index >= 15 is 0 Å². The van der Waals surface area contributed by atoms with E-state index < -0.39 is 29.9 Å². The Kier molecular flexibility index (Phi) is 6.64. The van der Waals surface area contributed by atoms with Crippen LogP contribution in [0.1, 0.15) is 45.4 Å². The molecule has 3 aromatic rings. The molecule has 1 saturated heterocycles. The van der Waals surface area contributed by atoms with Crippen LogP contribution in [-0.2, 0) is 4.79 Å². The summed E-state index contributed by atoms with van der Waals surface area (Å²) in [5.74, 6) is -2.68. The minimum absolute atomic E-state index is 0.0635. The van der Waals surface area contributed by atoms with Crippen LogP contribution in [0.4, 0.5) is 0 Å². The molecular weight excluding hydrogens is 568 g/mol. The molecule has 4 rings (SSSR count). The lowest BCUT2D eigenvalue weighted by atomic mass is 9.89. The van der Waals surface area contributed by atoms with Gasteiger partial charge in [0.1, 0.15) is 17.5 Å². The van der Waals surface area contributed by atoms with E-state index in [2.05, 4.69) is 31.9 Å². The quantitative estimate of drug-likeness (QED) is 0.381. The molecule has 1 aliphatic heterocycles. The first-order valence-electron chi connectivity index (χ1n) is 10.2. The molecule has 0 radical (unpaired) electrons. The second-order valence-electron chi connectivity index (χ2n) is 7.93. The van der Waals surface area contributed by atoms with Crippen LogP contribution in [-0.4, -0.2) is 38.1 Å². The maximum Gasteiger partial charge on any atom is 0.327 e. The first-order chi connectivity index (χ1) is 16.2. The number of likely N-dealkylation sites (tertiary alicyclic amines) is 1. The third kappa shape index (κ3) is 4.27. The van der Waals surface area contributed by atoms with Gasteiger partial charge >= 0.3 is 5.97 Å². The first-order valence-corrected chi connectivity index (χ1v) is 11.8. The van der Waals surface area contributed by atoms with Crippen molar-refractivity contribution in [1.82, 2.24) is 4.90 Å². The summed E-state index contributed by atoms with van der Waals surface area (Å²) in [4.78, 5) is 27.5. The first kappa shape index (κ1) is 23.8. The van der Waals surface area contributed by atoms with Gasteiger partial charge in [0.15, 0.2) is 0 Å². The van der Waals surface area contributed by atoms with Crippen LogP contribution >= 0.6 is 31.9 Å². The number of hydrogen-bond acceptors (Lipinski definition) is 5. The number of carbonyl (C=O) groups excluding carboxylic acids is 1. The normalized spacial score (nSPS) is 19.6. The van der Waals surface area contributed by atoms with Crippen molar-refractivity contribution in [3.8, 4) is 17.6 Å². The fourth-order valence-corrected chi connectivity index (χ4v) is 5.15. The highest BCUT2D eigenvalue weighted by Gasteiger charge is 2.50. The minimum Gasteiger partial charge on any atom is -0.508 e. The molecule has 0 aromatic heterocycles. The van der Waals surface area contributed by atoms with Gasteiger partial charge in [-0.2, -0.15) is 5.26 Å². The minimum atomic E-state index is -1.30. The zero-order valence-electron chi connectivity index (χ0n) is 17.5. The number of aliphatic carboxylic acids is 1. The van der Waals surface area contributed by atoms with Gasteiger partial charge in [0, 0.05) is 26.0 Å². The Morgan fingerprint density at radius 3 is 2.21 bits per heavy atom. The van der Waals surface area contributed by atoms with E-state index in [-0.39, 0.29) is 23.5 Å². The summed E-state index contributed by atoms with van der Waals surface area (Å²) in [6.07, 6.45) is 0.165. The molecule has 0 saturated carbocycles. The summed E-state index contributed by atoms with van der Waals surface area (Å²) in [6, 6.07) is 15.4. The third-order valence-electron chi connectivity index (χ3n) is 6.01. The SMILES string of the molecule is N#Cc1ccc(C(=O)N2C(c3cc(Br)c(Br)cc3O)CC(c3ccccc3O)C2C(=O)O)cc1. The van der Waals surface area contributed by atoms with Crippen LogP contribution in [0, 0.1) is 11.3 Å². The number of halogens is 2. The van der Waals surface area contributed by atoms with E-state index in [0.717, 1.165) is 0 Å². The standard InChI is InChI=1S/C25H18Br2N2O5/c26-18-9-17(22(31)11-19(18)27)20-10-16(15-3-1-2-4-21(15)30)23(25(33)34)29(20)24(32)14-7-5-13(12-28)6-8-14/h1-9,11,16,20,23,30-31H,10H2,(H,33,34). The zero-order chi connectivity index (χ0) is 24.6. The van der Waals surface area contributed by atoms with E-state index in [0.29, 0.717) is 25.6 Å². The van der Waals surface area contributed by atoms with Crippen LogP contribution < -0.4 is 0 Å². The van der Waals surface area contributed by atoms with Gasteiger partial charge in [0.2, 0.25) is 0 Å². The van der Waals surface area contributed by atoms with Crippen molar-refractivity contribution < 1.29 is 24.9 Å². The van der Waals surface area contributed by atoms with Crippen LogP contribution in [0.15, 0.2) is 69.6 Å². The van der Waals surface area contributed by atoms with Gasteiger partial charge in [-0.3, -0.25) is 4.79 Å². The molecule has 3 N–H and O–H groups in total. The van der Waals surface area contributed by atoms with E-state index in [4.69, 9.17) is 5.26 Å². The molecule has 0 spiro atoms. The van der Waals surface area contributed by atoms with Gasteiger partial charge in [-0.15, -0.1) is 0 Å². The van der Waals surface area contributed by atoms with Crippen LogP contribution in [0.3, 0.4) is 0 Å². The number of nitrogens with zero attached hydrogens (tertiary/aromatic N) is 2. The molecule has 1 amide bonds. The predicted molar refractivity (Wildman–Crippen MR) is 130 cm³/mol. The summed E-state index contributed by atoms with van der Waals surface area (Å²) in [7, 11) is 0. The van der Waals surface area contributed by atoms with Crippen molar-refractivity contribution >= 4 is 43.7 Å². The van der Waals surface area contributed by atoms with E-state index in [9.17, 15) is 24.9 Å². The summed E-state index contributed by atoms with van der Waals surface area (Å²) in [5.41, 5.74) is 1.36. The van der Waals surface area contributed by atoms with Gasteiger partial charge in [-0.05, 0) is 86.3 Å². The van der Waals surface area contributed by atoms with Gasteiger partial charge in [-0.25, -0.2) is 4.79 Å². The topological polar surface area (TPSA) is 122 Å². The van der Waals surface area contributed by atoms with Gasteiger partial charge < -0.3 is 20.2 Å². The summed E-state index contributed by atoms with van der Waals surface area (Å²) in [6.45, 7) is 0. The molecule has 7 nitrogen and oxygen atoms in total. The maximum atomic E-state index is 13.7. The van der Waals surface area contributed by atoms with Crippen molar-refractivity contribution in [2.24, 2.45) is 0 Å². The lowest BCUT2D eigenvalue weighted by Gasteiger charge is -2.30. The number of rotatable bonds is 4. The highest BCUT2D eigenvalue weighted by atomic mass is 79.9. The second-order valence-corrected chi connectivity index (χ2v) is 9.64. The van der Waals surface area contributed by atoms with Crippen molar-refractivity contribution in [1.29, 1.82) is 5.26 Å². The van der Waals surface area contributed by atoms with E-state index in [1.165, 1.54) is 41.3 Å². The van der Waals surface area contributed by atoms with Crippen LogP contribution in [0.2, 0.25) is 0 Å². The smallest absolute Gasteiger partial charge is 0.327 e. The number of carbonyl (C=O) groups is 2. The Bertz CT molecular complexity index is 1320. The number of nitriles is 1. The number of phenolic OH excluding ortho intramolecular Hbond substituents is 2. The Morgan fingerprint density at radius 2 is 1.59 bits per heavy atom. The molecule has 34 heavy (non-hydrogen) atoms. The molecule has 1 heterocycles. The number of amides is 1. The largest absolute Gasteiger partial charge is 0.508 e. The fraction of sp³-hybridized carbons (Fsp3) is 0.160. The number of carboxylic acids is 1. The molecule has 0 aliphatic carbocycles. The van der Waals surface area contributed by atoms with Gasteiger partial charge in [0.05, 0.1) is 17.7 Å². The Morgan fingerprint density at radius 1 is 0.941 bits per heavy atom. The molecule has 3 aromatic carbocycles. The summed E-state index contributed by atoms with van der Waals surface area (Å²) in [5, 5.41) is 40.5. The number of hydrogen-bond donors (Lipinski definition) is 3. The Labute approximate surface area is 212 Å². The monoisotopic (exact) mass is 584 g/mol. The summed E-state index contributed by atoms with van der Waals surface area (Å²) < 4.78 is 1.23. The highest BCUT2D eigenvalue weighted by molar-refractivity contribution is 9.13. The van der Waals surface area contributed by atoms with E-state index in [1.54, 1.807) is 24.3 Å². The molecule has 3 unspecified atom stereocenters. The van der Waals surface area contributed by atoms with Crippen LogP contribution in [0.25, 0.3) is 0 Å². The Hall–Kier alpha value is -3.35. The van der Waals surface area contributed by atoms with Gasteiger partial charge in [-0.1, -0.05) is 18.2 Å². The number of aromatic hydroxyl groups is 2. The molecule has 1 aliphatic rings. The predicted octanol–water partition coefficient (Wildman–Crippen LogP) is 5.32. The molecule has 9 heteroatoms. The van der Waals surface area contributed by atoms with Crippen molar-refractivity contribution in [2.45, 2.75) is 24.4 Å². The average molecular weight is 586 g/mol. The molecule has 0 bridgehead atoms. The fourth-order valence-electron chi connectivity index (χ4n) is 4.46. The van der Waals surface area contributed by atoms with Crippen molar-refractivity contribution in [3.05, 3.63) is 91.9 Å². The zero-order valence-corrected chi connectivity index (χ0v) is 20.7. The second kappa shape index (κ2) is 9.49. The van der Waals surface area contributed by atoms with Crippen molar-refractivity contribution in [2.75, 3.05) is 0 Å².